The fraction of sp³-hybridized carbons (Fsp3) is 1.00. The number of rotatable bonds is 2. The molecule has 0 amide bonds. The minimum Gasteiger partial charge on any atom is -0.298 e. The maximum Gasteiger partial charge on any atom is 0.0181 e. The smallest absolute Gasteiger partial charge is 0.0181 e. The van der Waals surface area contributed by atoms with Crippen LogP contribution < -0.4 is 0 Å². The van der Waals surface area contributed by atoms with Crippen LogP contribution in [-0.4, -0.2) is 23.5 Å². The Kier molecular flexibility index (Phi) is 3.12. The van der Waals surface area contributed by atoms with Gasteiger partial charge in [-0.3, -0.25) is 4.90 Å². The van der Waals surface area contributed by atoms with E-state index in [0.29, 0.717) is 5.54 Å². The Morgan fingerprint density at radius 3 is 2.20 bits per heavy atom. The molecule has 0 aromatic heterocycles. The van der Waals surface area contributed by atoms with E-state index < -0.39 is 0 Å². The lowest BCUT2D eigenvalue weighted by Gasteiger charge is -2.41. The van der Waals surface area contributed by atoms with E-state index in [1.54, 1.807) is 0 Å². The molecule has 88 valence electrons. The molecule has 1 saturated carbocycles. The lowest BCUT2D eigenvalue weighted by molar-refractivity contribution is 0.0842. The standard InChI is InChI=1S/C14H27N/c1-11-5-6-13(9-11)14(3,4)15-8-7-12(2)10-15/h11-13H,5-10H2,1-4H3. The van der Waals surface area contributed by atoms with E-state index in [2.05, 4.69) is 32.6 Å². The molecule has 3 unspecified atom stereocenters. The molecule has 2 aliphatic rings. The molecule has 2 fully saturated rings. The lowest BCUT2D eigenvalue weighted by atomic mass is 9.84. The Bertz CT molecular complexity index is 199. The van der Waals surface area contributed by atoms with Gasteiger partial charge in [-0.2, -0.15) is 0 Å². The summed E-state index contributed by atoms with van der Waals surface area (Å²) in [7, 11) is 0. The first kappa shape index (κ1) is 11.4. The minimum absolute atomic E-state index is 0.454. The van der Waals surface area contributed by atoms with Gasteiger partial charge in [0.25, 0.3) is 0 Å². The highest BCUT2D eigenvalue weighted by Crippen LogP contribution is 2.41. The predicted octanol–water partition coefficient (Wildman–Crippen LogP) is 3.54. The van der Waals surface area contributed by atoms with Gasteiger partial charge in [-0.25, -0.2) is 0 Å². The number of nitrogens with zero attached hydrogens (tertiary/aromatic N) is 1. The SMILES string of the molecule is CC1CCC(C(C)(C)N2CCC(C)C2)C1. The van der Waals surface area contributed by atoms with Gasteiger partial charge in [0.1, 0.15) is 0 Å². The highest BCUT2D eigenvalue weighted by atomic mass is 15.2. The van der Waals surface area contributed by atoms with Crippen molar-refractivity contribution in [2.24, 2.45) is 17.8 Å². The zero-order chi connectivity index (χ0) is 11.1. The fourth-order valence-electron chi connectivity index (χ4n) is 3.57. The Morgan fingerprint density at radius 2 is 1.73 bits per heavy atom. The van der Waals surface area contributed by atoms with Crippen LogP contribution in [0.5, 0.6) is 0 Å². The second kappa shape index (κ2) is 4.08. The van der Waals surface area contributed by atoms with Gasteiger partial charge in [-0.05, 0) is 57.4 Å². The second-order valence-electron chi connectivity index (χ2n) is 6.61. The minimum atomic E-state index is 0.454. The summed E-state index contributed by atoms with van der Waals surface area (Å²) in [6.07, 6.45) is 5.78. The molecule has 0 spiro atoms. The molecule has 1 aliphatic carbocycles. The normalized spacial score (nSPS) is 38.8. The number of hydrogen-bond acceptors (Lipinski definition) is 1. The van der Waals surface area contributed by atoms with E-state index in [9.17, 15) is 0 Å². The lowest BCUT2D eigenvalue weighted by Crippen LogP contribution is -2.47. The summed E-state index contributed by atoms with van der Waals surface area (Å²) in [4.78, 5) is 2.75. The van der Waals surface area contributed by atoms with Crippen LogP contribution in [-0.2, 0) is 0 Å². The zero-order valence-electron chi connectivity index (χ0n) is 10.9. The van der Waals surface area contributed by atoms with Crippen molar-refractivity contribution in [2.45, 2.75) is 58.9 Å². The van der Waals surface area contributed by atoms with Crippen molar-refractivity contribution in [1.82, 2.24) is 4.90 Å². The molecular weight excluding hydrogens is 182 g/mol. The fourth-order valence-corrected chi connectivity index (χ4v) is 3.57. The molecule has 0 N–H and O–H groups in total. The second-order valence-corrected chi connectivity index (χ2v) is 6.61. The molecule has 1 heterocycles. The maximum absolute atomic E-state index is 2.75. The molecule has 0 aromatic carbocycles. The van der Waals surface area contributed by atoms with E-state index in [1.165, 1.54) is 38.8 Å². The van der Waals surface area contributed by atoms with E-state index in [-0.39, 0.29) is 0 Å². The molecule has 0 aromatic rings. The maximum atomic E-state index is 2.75. The Labute approximate surface area is 95.2 Å². The van der Waals surface area contributed by atoms with Crippen LogP contribution >= 0.6 is 0 Å². The average Bonchev–Trinajstić information content (AvgIpc) is 2.74. The monoisotopic (exact) mass is 209 g/mol. The van der Waals surface area contributed by atoms with Gasteiger partial charge >= 0.3 is 0 Å². The third-order valence-corrected chi connectivity index (χ3v) is 4.93. The Hall–Kier alpha value is -0.0400. The summed E-state index contributed by atoms with van der Waals surface area (Å²) >= 11 is 0. The van der Waals surface area contributed by atoms with E-state index in [0.717, 1.165) is 17.8 Å². The topological polar surface area (TPSA) is 3.24 Å². The Balaban J connectivity index is 1.99. The highest BCUT2D eigenvalue weighted by molar-refractivity contribution is 4.95. The van der Waals surface area contributed by atoms with E-state index in [1.807, 2.05) is 0 Å². The van der Waals surface area contributed by atoms with Crippen LogP contribution in [0.2, 0.25) is 0 Å². The number of hydrogen-bond donors (Lipinski definition) is 0. The van der Waals surface area contributed by atoms with Gasteiger partial charge in [0.15, 0.2) is 0 Å². The molecule has 1 saturated heterocycles. The average molecular weight is 209 g/mol. The molecule has 15 heavy (non-hydrogen) atoms. The van der Waals surface area contributed by atoms with Crippen molar-refractivity contribution in [1.29, 1.82) is 0 Å². The molecule has 0 bridgehead atoms. The van der Waals surface area contributed by atoms with Gasteiger partial charge in [-0.1, -0.05) is 20.3 Å². The van der Waals surface area contributed by atoms with Crippen LogP contribution in [0.4, 0.5) is 0 Å². The van der Waals surface area contributed by atoms with Crippen LogP contribution in [0.1, 0.15) is 53.4 Å². The first-order valence-corrected chi connectivity index (χ1v) is 6.75. The van der Waals surface area contributed by atoms with Crippen molar-refractivity contribution in [2.75, 3.05) is 13.1 Å². The van der Waals surface area contributed by atoms with Crippen molar-refractivity contribution in [3.63, 3.8) is 0 Å². The van der Waals surface area contributed by atoms with E-state index >= 15 is 0 Å². The highest BCUT2D eigenvalue weighted by Gasteiger charge is 2.40. The van der Waals surface area contributed by atoms with Crippen LogP contribution in [0, 0.1) is 17.8 Å². The van der Waals surface area contributed by atoms with Crippen molar-refractivity contribution in [3.05, 3.63) is 0 Å². The summed E-state index contributed by atoms with van der Waals surface area (Å²) in [6.45, 7) is 12.4. The predicted molar refractivity (Wildman–Crippen MR) is 65.9 cm³/mol. The van der Waals surface area contributed by atoms with Crippen LogP contribution in [0.3, 0.4) is 0 Å². The van der Waals surface area contributed by atoms with Gasteiger partial charge < -0.3 is 0 Å². The molecule has 1 heteroatoms. The summed E-state index contributed by atoms with van der Waals surface area (Å²) in [6, 6.07) is 0. The van der Waals surface area contributed by atoms with Crippen molar-refractivity contribution in [3.8, 4) is 0 Å². The number of likely N-dealkylation sites (tertiary alicyclic amines) is 1. The van der Waals surface area contributed by atoms with Gasteiger partial charge in [0, 0.05) is 12.1 Å². The van der Waals surface area contributed by atoms with Gasteiger partial charge in [0.05, 0.1) is 0 Å². The van der Waals surface area contributed by atoms with Gasteiger partial charge in [0.2, 0.25) is 0 Å². The molecule has 0 radical (unpaired) electrons. The largest absolute Gasteiger partial charge is 0.298 e. The molecule has 1 aliphatic heterocycles. The summed E-state index contributed by atoms with van der Waals surface area (Å²) < 4.78 is 0. The first-order valence-electron chi connectivity index (χ1n) is 6.75. The van der Waals surface area contributed by atoms with Crippen LogP contribution in [0.25, 0.3) is 0 Å². The zero-order valence-corrected chi connectivity index (χ0v) is 10.9. The first-order chi connectivity index (χ1) is 7.00. The summed E-state index contributed by atoms with van der Waals surface area (Å²) in [5.41, 5.74) is 0.454. The summed E-state index contributed by atoms with van der Waals surface area (Å²) in [5, 5.41) is 0. The molecule has 1 nitrogen and oxygen atoms in total. The van der Waals surface area contributed by atoms with Gasteiger partial charge in [-0.15, -0.1) is 0 Å². The van der Waals surface area contributed by atoms with Crippen LogP contribution in [0.15, 0.2) is 0 Å². The summed E-state index contributed by atoms with van der Waals surface area (Å²) in [5.74, 6) is 2.83. The third-order valence-electron chi connectivity index (χ3n) is 4.93. The van der Waals surface area contributed by atoms with E-state index in [4.69, 9.17) is 0 Å². The molecular formula is C14H27N. The molecule has 2 rings (SSSR count). The molecule has 3 atom stereocenters. The Morgan fingerprint density at radius 1 is 1.00 bits per heavy atom. The van der Waals surface area contributed by atoms with Crippen molar-refractivity contribution >= 4 is 0 Å². The van der Waals surface area contributed by atoms with Crippen molar-refractivity contribution < 1.29 is 0 Å². The third kappa shape index (κ3) is 2.22. The quantitative estimate of drug-likeness (QED) is 0.672.